The summed E-state index contributed by atoms with van der Waals surface area (Å²) in [4.78, 5) is 17.2. The van der Waals surface area contributed by atoms with Crippen LogP contribution in [0.2, 0.25) is 0 Å². The zero-order valence-corrected chi connectivity index (χ0v) is 9.76. The number of rotatable bonds is 2. The van der Waals surface area contributed by atoms with Gasteiger partial charge >= 0.3 is 0 Å². The van der Waals surface area contributed by atoms with Crippen LogP contribution in [-0.4, -0.2) is 40.4 Å². The summed E-state index contributed by atoms with van der Waals surface area (Å²) in [7, 11) is 0. The van der Waals surface area contributed by atoms with Crippen molar-refractivity contribution in [2.75, 3.05) is 6.61 Å². The number of aliphatic hydroxyl groups excluding tert-OH is 1. The maximum absolute atomic E-state index is 9.09. The number of fused-ring (bicyclic) bond motifs is 1. The lowest BCUT2D eigenvalue weighted by molar-refractivity contribution is 0.248. The van der Waals surface area contributed by atoms with E-state index in [9.17, 15) is 0 Å². The molecule has 1 aliphatic carbocycles. The van der Waals surface area contributed by atoms with Gasteiger partial charge in [0.25, 0.3) is 0 Å². The molecule has 0 aromatic rings. The lowest BCUT2D eigenvalue weighted by Crippen LogP contribution is -2.27. The van der Waals surface area contributed by atoms with E-state index in [0.29, 0.717) is 22.4 Å². The van der Waals surface area contributed by atoms with Crippen molar-refractivity contribution in [3.05, 3.63) is 12.2 Å². The van der Waals surface area contributed by atoms with E-state index in [1.54, 1.807) is 0 Å². The molecule has 0 saturated carbocycles. The van der Waals surface area contributed by atoms with Gasteiger partial charge in [-0.2, -0.15) is 0 Å². The van der Waals surface area contributed by atoms with Crippen molar-refractivity contribution < 1.29 is 5.11 Å². The number of hydrogen-bond acceptors (Lipinski definition) is 5. The Balaban J connectivity index is 1.86. The second-order valence-corrected chi connectivity index (χ2v) is 4.49. The predicted octanol–water partition coefficient (Wildman–Crippen LogP) is 0.792. The van der Waals surface area contributed by atoms with Gasteiger partial charge in [-0.3, -0.25) is 0 Å². The van der Waals surface area contributed by atoms with Crippen molar-refractivity contribution in [2.24, 2.45) is 31.8 Å². The molecule has 2 unspecified atom stereocenters. The molecular formula is C11H10N4OS. The lowest BCUT2D eigenvalue weighted by atomic mass is 10.0. The summed E-state index contributed by atoms with van der Waals surface area (Å²) in [5, 5.41) is 9.09. The summed E-state index contributed by atoms with van der Waals surface area (Å²) >= 11 is 5.16. The highest BCUT2D eigenvalue weighted by atomic mass is 32.1. The molecule has 3 aliphatic rings. The molecule has 1 N–H and O–H groups in total. The minimum absolute atomic E-state index is 0.120. The Labute approximate surface area is 103 Å². The summed E-state index contributed by atoms with van der Waals surface area (Å²) in [5.41, 5.74) is 0.587. The second kappa shape index (κ2) is 4.05. The SMILES string of the molecule is OCC1C=CC(C2=NC(=S)C3=NC=NC3=N2)C1. The molecule has 2 aliphatic heterocycles. The normalized spacial score (nSPS) is 30.2. The molecule has 3 rings (SSSR count). The Kier molecular flexibility index (Phi) is 2.53. The molecule has 0 saturated heterocycles. The zero-order chi connectivity index (χ0) is 11.8. The van der Waals surface area contributed by atoms with Gasteiger partial charge in [0.15, 0.2) is 10.8 Å². The third kappa shape index (κ3) is 1.79. The number of hydrogen-bond donors (Lipinski definition) is 1. The lowest BCUT2D eigenvalue weighted by Gasteiger charge is -2.14. The first kappa shape index (κ1) is 10.6. The van der Waals surface area contributed by atoms with E-state index in [4.69, 9.17) is 17.3 Å². The van der Waals surface area contributed by atoms with Crippen LogP contribution in [0.5, 0.6) is 0 Å². The van der Waals surface area contributed by atoms with Crippen LogP contribution >= 0.6 is 12.2 Å². The highest BCUT2D eigenvalue weighted by molar-refractivity contribution is 7.82. The quantitative estimate of drug-likeness (QED) is 0.578. The van der Waals surface area contributed by atoms with Crippen molar-refractivity contribution in [1.82, 2.24) is 0 Å². The predicted molar refractivity (Wildman–Crippen MR) is 71.2 cm³/mol. The number of nitrogens with zero attached hydrogens (tertiary/aromatic N) is 4. The van der Waals surface area contributed by atoms with Crippen LogP contribution in [0.25, 0.3) is 0 Å². The average molecular weight is 246 g/mol. The van der Waals surface area contributed by atoms with Crippen molar-refractivity contribution >= 4 is 40.9 Å². The van der Waals surface area contributed by atoms with Crippen LogP contribution in [0.15, 0.2) is 32.1 Å². The molecule has 2 heterocycles. The molecule has 2 atom stereocenters. The minimum atomic E-state index is 0.120. The molecule has 17 heavy (non-hydrogen) atoms. The van der Waals surface area contributed by atoms with Crippen molar-refractivity contribution in [3.8, 4) is 0 Å². The molecule has 0 aromatic heterocycles. The highest BCUT2D eigenvalue weighted by Gasteiger charge is 2.29. The van der Waals surface area contributed by atoms with Crippen molar-refractivity contribution in [2.45, 2.75) is 6.42 Å². The van der Waals surface area contributed by atoms with Gasteiger partial charge in [0.1, 0.15) is 17.9 Å². The molecule has 6 heteroatoms. The number of aliphatic imine (C=N–C) groups is 4. The van der Waals surface area contributed by atoms with E-state index in [-0.39, 0.29) is 18.4 Å². The standard InChI is InChI=1S/C11H10N4OS/c16-4-6-1-2-7(3-6)9-14-10-8(11(17)15-9)12-5-13-10/h1-2,5-7,16H,3-4H2. The topological polar surface area (TPSA) is 69.7 Å². The Morgan fingerprint density at radius 2 is 2.24 bits per heavy atom. The summed E-state index contributed by atoms with van der Waals surface area (Å²) in [6, 6.07) is 0. The number of amidine groups is 2. The van der Waals surface area contributed by atoms with Crippen LogP contribution in [0.3, 0.4) is 0 Å². The first-order valence-corrected chi connectivity index (χ1v) is 5.80. The molecule has 0 spiro atoms. The van der Waals surface area contributed by atoms with E-state index in [1.165, 1.54) is 6.34 Å². The maximum Gasteiger partial charge on any atom is 0.184 e. The van der Waals surface area contributed by atoms with Gasteiger partial charge < -0.3 is 5.11 Å². The van der Waals surface area contributed by atoms with E-state index in [2.05, 4.69) is 20.0 Å². The fourth-order valence-electron chi connectivity index (χ4n) is 2.05. The third-order valence-corrected chi connectivity index (χ3v) is 3.24. The summed E-state index contributed by atoms with van der Waals surface area (Å²) in [6.07, 6.45) is 6.29. The van der Waals surface area contributed by atoms with Crippen LogP contribution in [-0.2, 0) is 0 Å². The van der Waals surface area contributed by atoms with Crippen LogP contribution < -0.4 is 0 Å². The fraction of sp³-hybridized carbons (Fsp3) is 0.364. The molecule has 0 radical (unpaired) electrons. The molecule has 0 amide bonds. The van der Waals surface area contributed by atoms with E-state index in [0.717, 1.165) is 6.42 Å². The van der Waals surface area contributed by atoms with Gasteiger partial charge in [-0.1, -0.05) is 24.4 Å². The van der Waals surface area contributed by atoms with Gasteiger partial charge in [0.05, 0.1) is 0 Å². The highest BCUT2D eigenvalue weighted by Crippen LogP contribution is 2.26. The maximum atomic E-state index is 9.09. The molecule has 86 valence electrons. The van der Waals surface area contributed by atoms with Gasteiger partial charge in [-0.15, -0.1) is 0 Å². The molecule has 5 nitrogen and oxygen atoms in total. The van der Waals surface area contributed by atoms with Gasteiger partial charge in [-0.05, 0) is 6.42 Å². The van der Waals surface area contributed by atoms with Crippen molar-refractivity contribution in [3.63, 3.8) is 0 Å². The van der Waals surface area contributed by atoms with Crippen LogP contribution in [0.1, 0.15) is 6.42 Å². The average Bonchev–Trinajstić information content (AvgIpc) is 2.97. The Morgan fingerprint density at radius 3 is 3.00 bits per heavy atom. The van der Waals surface area contributed by atoms with Crippen LogP contribution in [0, 0.1) is 11.8 Å². The molecular weight excluding hydrogens is 236 g/mol. The van der Waals surface area contributed by atoms with E-state index < -0.39 is 0 Å². The number of aliphatic hydroxyl groups is 1. The minimum Gasteiger partial charge on any atom is -0.396 e. The fourth-order valence-corrected chi connectivity index (χ4v) is 2.29. The van der Waals surface area contributed by atoms with Gasteiger partial charge in [-0.25, -0.2) is 20.0 Å². The van der Waals surface area contributed by atoms with E-state index in [1.807, 2.05) is 12.2 Å². The van der Waals surface area contributed by atoms with Crippen LogP contribution in [0.4, 0.5) is 0 Å². The Hall–Kier alpha value is -1.53. The smallest absolute Gasteiger partial charge is 0.184 e. The summed E-state index contributed by atoms with van der Waals surface area (Å²) < 4.78 is 0. The molecule has 0 bridgehead atoms. The van der Waals surface area contributed by atoms with Gasteiger partial charge in [0, 0.05) is 18.4 Å². The monoisotopic (exact) mass is 246 g/mol. The summed E-state index contributed by atoms with van der Waals surface area (Å²) in [6.45, 7) is 0.159. The Morgan fingerprint density at radius 1 is 1.35 bits per heavy atom. The largest absolute Gasteiger partial charge is 0.396 e. The summed E-state index contributed by atoms with van der Waals surface area (Å²) in [5.74, 6) is 1.55. The van der Waals surface area contributed by atoms with Gasteiger partial charge in [0.2, 0.25) is 0 Å². The first-order valence-electron chi connectivity index (χ1n) is 5.39. The molecule has 0 fully saturated rings. The molecule has 0 aromatic carbocycles. The van der Waals surface area contributed by atoms with Crippen molar-refractivity contribution in [1.29, 1.82) is 0 Å². The first-order chi connectivity index (χ1) is 8.28. The van der Waals surface area contributed by atoms with E-state index >= 15 is 0 Å². The zero-order valence-electron chi connectivity index (χ0n) is 8.95. The second-order valence-electron chi connectivity index (χ2n) is 4.10. The number of thiocarbonyl (C=S) groups is 1. The third-order valence-electron chi connectivity index (χ3n) is 2.96. The Bertz CT molecular complexity index is 530.